The zero-order valence-corrected chi connectivity index (χ0v) is 18.3. The van der Waals surface area contributed by atoms with E-state index in [-0.39, 0.29) is 17.8 Å². The summed E-state index contributed by atoms with van der Waals surface area (Å²) in [5.74, 6) is -0.660. The number of ketones is 1. The molecular weight excluding hydrogens is 382 g/mol. The number of nitrogens with zero attached hydrogens (tertiary/aromatic N) is 1. The topological polar surface area (TPSA) is 74.2 Å². The van der Waals surface area contributed by atoms with Crippen molar-refractivity contribution in [3.8, 4) is 11.5 Å². The predicted molar refractivity (Wildman–Crippen MR) is 115 cm³/mol. The summed E-state index contributed by atoms with van der Waals surface area (Å²) < 4.78 is 16.5. The van der Waals surface area contributed by atoms with Gasteiger partial charge in [0.05, 0.1) is 14.2 Å². The van der Waals surface area contributed by atoms with Gasteiger partial charge in [-0.3, -0.25) is 14.6 Å². The Morgan fingerprint density at radius 1 is 1.27 bits per heavy atom. The summed E-state index contributed by atoms with van der Waals surface area (Å²) in [6, 6.07) is 5.50. The number of para-hydroxylation sites is 1. The summed E-state index contributed by atoms with van der Waals surface area (Å²) in [6.07, 6.45) is 2.59. The van der Waals surface area contributed by atoms with Crippen molar-refractivity contribution in [2.75, 3.05) is 20.8 Å². The molecule has 2 aliphatic rings. The molecule has 30 heavy (non-hydrogen) atoms. The Kier molecular flexibility index (Phi) is 6.15. The van der Waals surface area contributed by atoms with Gasteiger partial charge in [-0.25, -0.2) is 0 Å². The third-order valence-electron chi connectivity index (χ3n) is 5.67. The van der Waals surface area contributed by atoms with Crippen LogP contribution in [0.1, 0.15) is 45.1 Å². The first-order valence-corrected chi connectivity index (χ1v) is 10.0. The first-order chi connectivity index (χ1) is 14.2. The Morgan fingerprint density at radius 3 is 2.63 bits per heavy atom. The Hall–Kier alpha value is -2.89. The summed E-state index contributed by atoms with van der Waals surface area (Å²) in [6.45, 7) is 9.64. The molecule has 1 unspecified atom stereocenters. The lowest BCUT2D eigenvalue weighted by atomic mass is 9.66. The van der Waals surface area contributed by atoms with Crippen LogP contribution in [-0.4, -0.2) is 38.3 Å². The van der Waals surface area contributed by atoms with E-state index in [1.165, 1.54) is 6.08 Å². The molecule has 0 radical (unpaired) electrons. The zero-order chi connectivity index (χ0) is 22.1. The highest BCUT2D eigenvalue weighted by Crippen LogP contribution is 2.50. The van der Waals surface area contributed by atoms with Crippen molar-refractivity contribution >= 4 is 17.5 Å². The van der Waals surface area contributed by atoms with E-state index in [2.05, 4.69) is 20.4 Å². The quantitative estimate of drug-likeness (QED) is 0.517. The monoisotopic (exact) mass is 411 g/mol. The molecule has 0 N–H and O–H groups in total. The van der Waals surface area contributed by atoms with Crippen molar-refractivity contribution in [3.63, 3.8) is 0 Å². The fraction of sp³-hybridized carbons (Fsp3) is 0.458. The maximum absolute atomic E-state index is 13.3. The highest BCUT2D eigenvalue weighted by atomic mass is 16.5. The van der Waals surface area contributed by atoms with Gasteiger partial charge in [0.2, 0.25) is 0 Å². The van der Waals surface area contributed by atoms with E-state index in [1.807, 2.05) is 19.1 Å². The Bertz CT molecular complexity index is 941. The van der Waals surface area contributed by atoms with E-state index in [1.54, 1.807) is 20.3 Å². The molecule has 0 saturated carbocycles. The molecule has 0 fully saturated rings. The number of ether oxygens (including phenoxy) is 3. The van der Waals surface area contributed by atoms with Crippen LogP contribution < -0.4 is 9.47 Å². The normalized spacial score (nSPS) is 22.7. The largest absolute Gasteiger partial charge is 0.493 e. The molecule has 0 amide bonds. The number of hydrogen-bond donors (Lipinski definition) is 0. The van der Waals surface area contributed by atoms with Crippen LogP contribution >= 0.6 is 0 Å². The summed E-state index contributed by atoms with van der Waals surface area (Å²) in [5, 5.41) is 0. The molecule has 1 heterocycles. The lowest BCUT2D eigenvalue weighted by Gasteiger charge is -2.39. The molecule has 0 bridgehead atoms. The van der Waals surface area contributed by atoms with Gasteiger partial charge in [-0.05, 0) is 24.8 Å². The maximum atomic E-state index is 13.3. The highest BCUT2D eigenvalue weighted by molar-refractivity contribution is 6.09. The van der Waals surface area contributed by atoms with Crippen LogP contribution in [0.4, 0.5) is 0 Å². The molecule has 1 aliphatic heterocycles. The first kappa shape index (κ1) is 21.8. The van der Waals surface area contributed by atoms with Crippen LogP contribution in [0, 0.1) is 11.3 Å². The number of methoxy groups -OCH3 is 2. The third-order valence-corrected chi connectivity index (χ3v) is 5.67. The molecule has 1 aromatic carbocycles. The van der Waals surface area contributed by atoms with Crippen molar-refractivity contribution in [2.45, 2.75) is 39.5 Å². The number of carbonyl (C=O) groups excluding carboxylic acids is 2. The average molecular weight is 411 g/mol. The zero-order valence-electron chi connectivity index (χ0n) is 18.3. The van der Waals surface area contributed by atoms with E-state index in [9.17, 15) is 9.59 Å². The molecule has 6 nitrogen and oxygen atoms in total. The smallest absolute Gasteiger partial charge is 0.315 e. The molecule has 1 aliphatic carbocycles. The number of rotatable bonds is 6. The summed E-state index contributed by atoms with van der Waals surface area (Å²) in [4.78, 5) is 31.1. The number of carbonyl (C=O) groups is 2. The second-order valence-corrected chi connectivity index (χ2v) is 8.51. The average Bonchev–Trinajstić information content (AvgIpc) is 2.69. The third kappa shape index (κ3) is 3.91. The molecule has 0 saturated heterocycles. The summed E-state index contributed by atoms with van der Waals surface area (Å²) in [7, 11) is 3.11. The second-order valence-electron chi connectivity index (χ2n) is 8.51. The van der Waals surface area contributed by atoms with Crippen LogP contribution in [0.3, 0.4) is 0 Å². The Morgan fingerprint density at radius 2 is 2.00 bits per heavy atom. The van der Waals surface area contributed by atoms with Crippen molar-refractivity contribution in [1.82, 2.24) is 0 Å². The molecule has 160 valence electrons. The van der Waals surface area contributed by atoms with Crippen LogP contribution in [0.15, 0.2) is 47.1 Å². The molecule has 6 heteroatoms. The van der Waals surface area contributed by atoms with Gasteiger partial charge in [0.15, 0.2) is 17.3 Å². The van der Waals surface area contributed by atoms with Crippen LogP contribution in [0.5, 0.6) is 11.5 Å². The molecule has 1 aromatic rings. The number of allylic oxidation sites excluding steroid dienone is 2. The van der Waals surface area contributed by atoms with E-state index in [0.29, 0.717) is 41.2 Å². The minimum absolute atomic E-state index is 0.00823. The maximum Gasteiger partial charge on any atom is 0.315 e. The fourth-order valence-electron chi connectivity index (χ4n) is 4.47. The lowest BCUT2D eigenvalue weighted by Crippen LogP contribution is -2.39. The number of aliphatic imine (C=N–C) groups is 1. The van der Waals surface area contributed by atoms with Gasteiger partial charge < -0.3 is 14.2 Å². The van der Waals surface area contributed by atoms with E-state index in [0.717, 1.165) is 5.70 Å². The lowest BCUT2D eigenvalue weighted by molar-refractivity contribution is -0.145. The van der Waals surface area contributed by atoms with Crippen LogP contribution in [0.2, 0.25) is 0 Å². The van der Waals surface area contributed by atoms with Gasteiger partial charge in [0.1, 0.15) is 12.5 Å². The van der Waals surface area contributed by atoms with Crippen molar-refractivity contribution < 1.29 is 23.8 Å². The molecule has 3 rings (SSSR count). The van der Waals surface area contributed by atoms with Gasteiger partial charge in [-0.2, -0.15) is 0 Å². The van der Waals surface area contributed by atoms with Crippen LogP contribution in [0.25, 0.3) is 0 Å². The Balaban J connectivity index is 2.23. The fourth-order valence-corrected chi connectivity index (χ4v) is 4.47. The number of Topliss-reactive ketones (excluding diaryl/α,β-unsaturated/α-hetero) is 1. The second kappa shape index (κ2) is 8.46. The number of esters is 1. The van der Waals surface area contributed by atoms with Crippen LogP contribution in [-0.2, 0) is 14.3 Å². The van der Waals surface area contributed by atoms with Crippen molar-refractivity contribution in [3.05, 3.63) is 47.7 Å². The molecule has 0 aromatic heterocycles. The van der Waals surface area contributed by atoms with Gasteiger partial charge >= 0.3 is 5.97 Å². The van der Waals surface area contributed by atoms with Gasteiger partial charge in [0, 0.05) is 34.9 Å². The van der Waals surface area contributed by atoms with Crippen molar-refractivity contribution in [1.29, 1.82) is 0 Å². The summed E-state index contributed by atoms with van der Waals surface area (Å²) >= 11 is 0. The minimum Gasteiger partial charge on any atom is -0.493 e. The summed E-state index contributed by atoms with van der Waals surface area (Å²) in [5.41, 5.74) is 2.48. The highest BCUT2D eigenvalue weighted by Gasteiger charge is 2.47. The van der Waals surface area contributed by atoms with Gasteiger partial charge in [-0.15, -0.1) is 0 Å². The molecular formula is C24H29NO5. The van der Waals surface area contributed by atoms with Gasteiger partial charge in [0.25, 0.3) is 0 Å². The van der Waals surface area contributed by atoms with Crippen molar-refractivity contribution in [2.24, 2.45) is 16.3 Å². The SMILES string of the molecule is C=CCOC(=O)C1C(C)=NC2=C(C(=O)CC(C)(C)C2)[C@@H]1c1cccc(OC)c1OC. The number of hydrogen-bond acceptors (Lipinski definition) is 6. The first-order valence-electron chi connectivity index (χ1n) is 10.0. The molecule has 0 spiro atoms. The van der Waals surface area contributed by atoms with E-state index >= 15 is 0 Å². The Labute approximate surface area is 177 Å². The predicted octanol–water partition coefficient (Wildman–Crippen LogP) is 4.25. The van der Waals surface area contributed by atoms with E-state index in [4.69, 9.17) is 19.2 Å². The standard InChI is InChI=1S/C24H29NO5/c1-7-11-30-23(27)19-14(2)25-16-12-24(3,4)13-17(26)21(16)20(19)15-9-8-10-18(28-5)22(15)29-6/h7-10,19-20H,1,11-13H2,2-6H3/t19?,20-/m1/s1. The van der Waals surface area contributed by atoms with Gasteiger partial charge in [-0.1, -0.05) is 38.6 Å². The minimum atomic E-state index is -0.727. The molecule has 2 atom stereocenters. The number of benzene rings is 1. The van der Waals surface area contributed by atoms with E-state index < -0.39 is 17.8 Å².